The largest absolute Gasteiger partial charge is 0.497 e. The number of methoxy groups -OCH3 is 1. The SMILES string of the molecule is COc1cccc(N2C(=S)N[C@H](c3ccccn3)[C@H]2c2cccn2C2CCCCC2)c1. The second-order valence-electron chi connectivity index (χ2n) is 8.33. The van der Waals surface area contributed by atoms with Crippen LogP contribution in [0.15, 0.2) is 67.0 Å². The van der Waals surface area contributed by atoms with Crippen LogP contribution in [-0.2, 0) is 0 Å². The Balaban J connectivity index is 1.61. The van der Waals surface area contributed by atoms with Gasteiger partial charge in [-0.2, -0.15) is 0 Å². The zero-order valence-corrected chi connectivity index (χ0v) is 18.6. The number of pyridine rings is 1. The standard InChI is InChI=1S/C25H28N4OS/c1-30-20-12-7-11-19(17-20)29-24(23(27-25(29)31)21-13-5-6-15-26-21)22-14-8-16-28(22)18-9-3-2-4-10-18/h5-8,11-18,23-24H,2-4,9-10H2,1H3,(H,27,31)/t23-,24-/m1/s1. The number of rotatable bonds is 5. The Hall–Kier alpha value is -2.86. The lowest BCUT2D eigenvalue weighted by atomic mass is 9.94. The quantitative estimate of drug-likeness (QED) is 0.534. The highest BCUT2D eigenvalue weighted by Gasteiger charge is 2.42. The summed E-state index contributed by atoms with van der Waals surface area (Å²) in [4.78, 5) is 6.90. The molecule has 6 heteroatoms. The average Bonchev–Trinajstić information content (AvgIpc) is 3.44. The Morgan fingerprint density at radius 1 is 1.03 bits per heavy atom. The Morgan fingerprint density at radius 3 is 2.68 bits per heavy atom. The van der Waals surface area contributed by atoms with Gasteiger partial charge in [-0.15, -0.1) is 0 Å². The summed E-state index contributed by atoms with van der Waals surface area (Å²) in [6, 6.07) is 19.1. The summed E-state index contributed by atoms with van der Waals surface area (Å²) in [6.07, 6.45) is 10.5. The van der Waals surface area contributed by atoms with Crippen molar-refractivity contribution in [2.75, 3.05) is 12.0 Å². The third-order valence-electron chi connectivity index (χ3n) is 6.51. The van der Waals surface area contributed by atoms with Gasteiger partial charge in [-0.1, -0.05) is 31.4 Å². The number of thiocarbonyl (C=S) groups is 1. The van der Waals surface area contributed by atoms with Crippen molar-refractivity contribution in [1.29, 1.82) is 0 Å². The molecular weight excluding hydrogens is 404 g/mol. The minimum absolute atomic E-state index is 0.00596. The highest BCUT2D eigenvalue weighted by Crippen LogP contribution is 2.43. The monoisotopic (exact) mass is 432 g/mol. The van der Waals surface area contributed by atoms with Crippen LogP contribution in [0.1, 0.15) is 61.6 Å². The molecule has 2 fully saturated rings. The minimum atomic E-state index is -0.0304. The Bertz CT molecular complexity index is 1040. The fourth-order valence-electron chi connectivity index (χ4n) is 5.04. The molecule has 2 atom stereocenters. The van der Waals surface area contributed by atoms with Crippen molar-refractivity contribution < 1.29 is 4.74 Å². The molecule has 1 saturated heterocycles. The van der Waals surface area contributed by atoms with Gasteiger partial charge < -0.3 is 19.5 Å². The fraction of sp³-hybridized carbons (Fsp3) is 0.360. The molecule has 0 bridgehead atoms. The molecule has 0 spiro atoms. The van der Waals surface area contributed by atoms with Crippen LogP contribution in [0, 0.1) is 0 Å². The molecule has 1 aromatic carbocycles. The first-order valence-corrected chi connectivity index (χ1v) is 11.5. The second kappa shape index (κ2) is 8.71. The smallest absolute Gasteiger partial charge is 0.174 e. The molecular formula is C25H28N4OS. The lowest BCUT2D eigenvalue weighted by Gasteiger charge is -2.32. The molecule has 0 radical (unpaired) electrons. The van der Waals surface area contributed by atoms with Crippen molar-refractivity contribution in [2.24, 2.45) is 0 Å². The molecule has 3 aromatic rings. The molecule has 1 N–H and O–H groups in total. The second-order valence-corrected chi connectivity index (χ2v) is 8.72. The molecule has 31 heavy (non-hydrogen) atoms. The molecule has 1 aliphatic heterocycles. The van der Waals surface area contributed by atoms with Crippen LogP contribution >= 0.6 is 12.2 Å². The van der Waals surface area contributed by atoms with E-state index in [1.807, 2.05) is 30.5 Å². The van der Waals surface area contributed by atoms with Crippen molar-refractivity contribution in [2.45, 2.75) is 50.2 Å². The molecule has 5 nitrogen and oxygen atoms in total. The number of benzene rings is 1. The molecule has 2 aliphatic rings. The van der Waals surface area contributed by atoms with Gasteiger partial charge in [0.15, 0.2) is 5.11 Å². The van der Waals surface area contributed by atoms with Gasteiger partial charge in [-0.3, -0.25) is 4.98 Å². The van der Waals surface area contributed by atoms with E-state index < -0.39 is 0 Å². The van der Waals surface area contributed by atoms with Crippen molar-refractivity contribution in [1.82, 2.24) is 14.9 Å². The summed E-state index contributed by atoms with van der Waals surface area (Å²) in [5.41, 5.74) is 3.30. The molecule has 1 saturated carbocycles. The summed E-state index contributed by atoms with van der Waals surface area (Å²) >= 11 is 5.87. The van der Waals surface area contributed by atoms with Gasteiger partial charge in [-0.25, -0.2) is 0 Å². The number of hydrogen-bond acceptors (Lipinski definition) is 3. The predicted octanol–water partition coefficient (Wildman–Crippen LogP) is 5.57. The number of aromatic nitrogens is 2. The van der Waals surface area contributed by atoms with E-state index in [1.54, 1.807) is 7.11 Å². The Morgan fingerprint density at radius 2 is 1.90 bits per heavy atom. The Labute approximate surface area is 189 Å². The van der Waals surface area contributed by atoms with E-state index in [1.165, 1.54) is 37.8 Å². The molecule has 5 rings (SSSR count). The number of hydrogen-bond donors (Lipinski definition) is 1. The van der Waals surface area contributed by atoms with Gasteiger partial charge in [0.05, 0.1) is 18.8 Å². The zero-order chi connectivity index (χ0) is 21.2. The number of nitrogens with one attached hydrogen (secondary N) is 1. The fourth-order valence-corrected chi connectivity index (χ4v) is 5.39. The van der Waals surface area contributed by atoms with Crippen LogP contribution in [0.3, 0.4) is 0 Å². The van der Waals surface area contributed by atoms with Gasteiger partial charge >= 0.3 is 0 Å². The predicted molar refractivity (Wildman–Crippen MR) is 127 cm³/mol. The van der Waals surface area contributed by atoms with Crippen molar-refractivity contribution >= 4 is 23.0 Å². The van der Waals surface area contributed by atoms with Gasteiger partial charge in [0.1, 0.15) is 11.8 Å². The summed E-state index contributed by atoms with van der Waals surface area (Å²) in [7, 11) is 1.70. The summed E-state index contributed by atoms with van der Waals surface area (Å²) in [5, 5.41) is 4.28. The molecule has 0 unspecified atom stereocenters. The topological polar surface area (TPSA) is 42.3 Å². The van der Waals surface area contributed by atoms with E-state index in [2.05, 4.69) is 56.3 Å². The number of ether oxygens (including phenoxy) is 1. The first-order chi connectivity index (χ1) is 15.3. The summed E-state index contributed by atoms with van der Waals surface area (Å²) in [5.74, 6) is 0.822. The van der Waals surface area contributed by atoms with E-state index in [4.69, 9.17) is 17.0 Å². The van der Waals surface area contributed by atoms with Crippen LogP contribution in [0.4, 0.5) is 5.69 Å². The van der Waals surface area contributed by atoms with Crippen LogP contribution in [0.2, 0.25) is 0 Å². The maximum absolute atomic E-state index is 5.87. The lowest BCUT2D eigenvalue weighted by molar-refractivity contribution is 0.340. The van der Waals surface area contributed by atoms with Gasteiger partial charge in [0.2, 0.25) is 0 Å². The zero-order valence-electron chi connectivity index (χ0n) is 17.8. The summed E-state index contributed by atoms with van der Waals surface area (Å²) < 4.78 is 7.99. The number of nitrogens with zero attached hydrogens (tertiary/aromatic N) is 3. The van der Waals surface area contributed by atoms with Gasteiger partial charge in [-0.05, 0) is 61.5 Å². The van der Waals surface area contributed by atoms with Crippen LogP contribution in [0.5, 0.6) is 5.75 Å². The van der Waals surface area contributed by atoms with E-state index in [0.29, 0.717) is 11.2 Å². The van der Waals surface area contributed by atoms with Gasteiger partial charge in [0.25, 0.3) is 0 Å². The van der Waals surface area contributed by atoms with Crippen LogP contribution < -0.4 is 15.0 Å². The maximum Gasteiger partial charge on any atom is 0.174 e. The third-order valence-corrected chi connectivity index (χ3v) is 6.83. The minimum Gasteiger partial charge on any atom is -0.497 e. The highest BCUT2D eigenvalue weighted by atomic mass is 32.1. The van der Waals surface area contributed by atoms with E-state index in [0.717, 1.165) is 17.1 Å². The van der Waals surface area contributed by atoms with Crippen molar-refractivity contribution in [3.63, 3.8) is 0 Å². The van der Waals surface area contributed by atoms with E-state index >= 15 is 0 Å². The van der Waals surface area contributed by atoms with Crippen LogP contribution in [0.25, 0.3) is 0 Å². The molecule has 0 amide bonds. The first kappa shape index (κ1) is 20.1. The highest BCUT2D eigenvalue weighted by molar-refractivity contribution is 7.80. The van der Waals surface area contributed by atoms with Crippen molar-refractivity contribution in [3.05, 3.63) is 78.4 Å². The van der Waals surface area contributed by atoms with E-state index in [-0.39, 0.29) is 12.1 Å². The molecule has 1 aliphatic carbocycles. The normalized spacial score (nSPS) is 21.8. The summed E-state index contributed by atoms with van der Waals surface area (Å²) in [6.45, 7) is 0. The molecule has 160 valence electrons. The third kappa shape index (κ3) is 3.81. The molecule has 2 aromatic heterocycles. The van der Waals surface area contributed by atoms with Crippen LogP contribution in [-0.4, -0.2) is 21.8 Å². The van der Waals surface area contributed by atoms with E-state index in [9.17, 15) is 0 Å². The number of anilines is 1. The molecule has 3 heterocycles. The average molecular weight is 433 g/mol. The van der Waals surface area contributed by atoms with Gasteiger partial charge in [0, 0.05) is 35.9 Å². The maximum atomic E-state index is 5.87. The Kier molecular flexibility index (Phi) is 5.64. The van der Waals surface area contributed by atoms with Crippen molar-refractivity contribution in [3.8, 4) is 5.75 Å². The lowest BCUT2D eigenvalue weighted by Crippen LogP contribution is -2.31. The first-order valence-electron chi connectivity index (χ1n) is 11.1.